The van der Waals surface area contributed by atoms with Crippen LogP contribution in [0.2, 0.25) is 0 Å². The van der Waals surface area contributed by atoms with Crippen molar-refractivity contribution < 1.29 is 14.3 Å². The number of unbranched alkanes of at least 4 members (excludes halogenated alkanes) is 1. The van der Waals surface area contributed by atoms with Crippen LogP contribution in [0.15, 0.2) is 60.8 Å². The van der Waals surface area contributed by atoms with Gasteiger partial charge in [-0.1, -0.05) is 31.5 Å². The molecule has 1 fully saturated rings. The molecular weight excluding hydrogens is 423 g/mol. The number of nitrogens with one attached hydrogen (secondary N) is 1. The lowest BCUT2D eigenvalue weighted by Gasteiger charge is -2.34. The number of rotatable bonds is 7. The lowest BCUT2D eigenvalue weighted by Crippen LogP contribution is -2.48. The number of pyridine rings is 1. The lowest BCUT2D eigenvalue weighted by atomic mass is 10.1. The number of hydrogen-bond acceptors (Lipinski definition) is 4. The van der Waals surface area contributed by atoms with E-state index in [1.807, 2.05) is 17.0 Å². The van der Waals surface area contributed by atoms with Gasteiger partial charge in [-0.15, -0.1) is 0 Å². The summed E-state index contributed by atoms with van der Waals surface area (Å²) >= 11 is 0. The first kappa shape index (κ1) is 22.5. The summed E-state index contributed by atoms with van der Waals surface area (Å²) in [7, 11) is -3.91. The Morgan fingerprint density at radius 1 is 1.06 bits per heavy atom. The van der Waals surface area contributed by atoms with Gasteiger partial charge in [-0.3, -0.25) is 19.2 Å². The number of benzene rings is 2. The van der Waals surface area contributed by atoms with Crippen molar-refractivity contribution in [2.24, 2.45) is 0 Å². The summed E-state index contributed by atoms with van der Waals surface area (Å²) in [5.74, 6) is -0.00266. The van der Waals surface area contributed by atoms with Gasteiger partial charge >= 0.3 is 7.52 Å². The quantitative estimate of drug-likeness (QED) is 0.532. The van der Waals surface area contributed by atoms with Crippen LogP contribution in [0.4, 0.5) is 5.69 Å². The third-order valence-corrected chi connectivity index (χ3v) is 7.41. The fourth-order valence-corrected chi connectivity index (χ4v) is 5.38. The van der Waals surface area contributed by atoms with Gasteiger partial charge in [0.1, 0.15) is 0 Å². The summed E-state index contributed by atoms with van der Waals surface area (Å²) < 4.78 is 13.1. The Bertz CT molecular complexity index is 1120. The molecule has 1 amide bonds. The number of aromatic nitrogens is 1. The van der Waals surface area contributed by atoms with Gasteiger partial charge in [-0.05, 0) is 49.4 Å². The van der Waals surface area contributed by atoms with Crippen molar-refractivity contribution in [1.29, 1.82) is 0 Å². The van der Waals surface area contributed by atoms with Crippen molar-refractivity contribution in [3.63, 3.8) is 0 Å². The molecule has 32 heavy (non-hydrogen) atoms. The first-order chi connectivity index (χ1) is 15.5. The average Bonchev–Trinajstić information content (AvgIpc) is 2.82. The number of amides is 1. The van der Waals surface area contributed by atoms with Gasteiger partial charge in [0.15, 0.2) is 0 Å². The summed E-state index contributed by atoms with van der Waals surface area (Å²) in [4.78, 5) is 32.1. The molecule has 2 N–H and O–H groups in total. The standard InChI is InChI=1S/C24H29N4O3P/c1-2-3-14-27-15-17-28(18-16-27)24(29)20-9-11-21(12-10-20)26-32(30,31)22-8-4-6-19-7-5-13-25-23(19)22/h4-13H,2-3,14-18H2,1H3,(H2,26,30,31). The first-order valence-electron chi connectivity index (χ1n) is 11.0. The second-order valence-corrected chi connectivity index (χ2v) is 9.96. The van der Waals surface area contributed by atoms with Crippen LogP contribution in [0.25, 0.3) is 10.9 Å². The van der Waals surface area contributed by atoms with Crippen LogP contribution < -0.4 is 10.4 Å². The van der Waals surface area contributed by atoms with Crippen LogP contribution in [-0.2, 0) is 4.57 Å². The van der Waals surface area contributed by atoms with Crippen molar-refractivity contribution in [3.8, 4) is 0 Å². The van der Waals surface area contributed by atoms with Gasteiger partial charge in [-0.25, -0.2) is 0 Å². The highest BCUT2D eigenvalue weighted by atomic mass is 31.2. The van der Waals surface area contributed by atoms with Crippen molar-refractivity contribution in [2.45, 2.75) is 19.8 Å². The smallest absolute Gasteiger partial charge is 0.323 e. The largest absolute Gasteiger partial charge is 0.336 e. The Morgan fingerprint density at radius 2 is 1.78 bits per heavy atom. The van der Waals surface area contributed by atoms with Crippen LogP contribution in [0.3, 0.4) is 0 Å². The Hall–Kier alpha value is -2.73. The number of piperazine rings is 1. The zero-order valence-electron chi connectivity index (χ0n) is 18.3. The Balaban J connectivity index is 1.42. The van der Waals surface area contributed by atoms with Crippen LogP contribution in [-0.4, -0.2) is 58.3 Å². The fraction of sp³-hybridized carbons (Fsp3) is 0.333. The molecule has 1 atom stereocenters. The molecule has 168 valence electrons. The lowest BCUT2D eigenvalue weighted by molar-refractivity contribution is 0.0636. The molecule has 0 spiro atoms. The zero-order chi connectivity index (χ0) is 22.6. The van der Waals surface area contributed by atoms with E-state index in [4.69, 9.17) is 0 Å². The maximum absolute atomic E-state index is 13.1. The maximum atomic E-state index is 13.1. The van der Waals surface area contributed by atoms with Gasteiger partial charge in [0.05, 0.1) is 10.8 Å². The monoisotopic (exact) mass is 452 g/mol. The maximum Gasteiger partial charge on any atom is 0.323 e. The number of hydrogen-bond donors (Lipinski definition) is 2. The van der Waals surface area contributed by atoms with Crippen molar-refractivity contribution in [3.05, 3.63) is 66.4 Å². The van der Waals surface area contributed by atoms with E-state index < -0.39 is 7.52 Å². The predicted molar refractivity (Wildman–Crippen MR) is 129 cm³/mol. The highest BCUT2D eigenvalue weighted by Crippen LogP contribution is 2.41. The van der Waals surface area contributed by atoms with Crippen molar-refractivity contribution >= 4 is 35.3 Å². The number of para-hydroxylation sites is 1. The molecule has 1 aromatic heterocycles. The molecule has 8 heteroatoms. The molecule has 2 aromatic carbocycles. The van der Waals surface area contributed by atoms with E-state index in [1.54, 1.807) is 48.7 Å². The number of carbonyl (C=O) groups is 1. The molecule has 1 aliphatic rings. The number of carbonyl (C=O) groups excluding carboxylic acids is 1. The molecule has 0 radical (unpaired) electrons. The number of anilines is 1. The third-order valence-electron chi connectivity index (χ3n) is 5.84. The summed E-state index contributed by atoms with van der Waals surface area (Å²) in [6.07, 6.45) is 3.97. The zero-order valence-corrected chi connectivity index (χ0v) is 19.2. The van der Waals surface area contributed by atoms with Gasteiger partial charge in [-0.2, -0.15) is 0 Å². The molecule has 0 aliphatic carbocycles. The van der Waals surface area contributed by atoms with Gasteiger partial charge in [0.2, 0.25) is 0 Å². The van der Waals surface area contributed by atoms with Crippen molar-refractivity contribution in [1.82, 2.24) is 14.8 Å². The summed E-state index contributed by atoms with van der Waals surface area (Å²) in [5, 5.41) is 3.80. The summed E-state index contributed by atoms with van der Waals surface area (Å²) in [6.45, 7) is 6.53. The molecule has 7 nitrogen and oxygen atoms in total. The van der Waals surface area contributed by atoms with Crippen molar-refractivity contribution in [2.75, 3.05) is 37.8 Å². The molecule has 1 unspecified atom stereocenters. The molecular formula is C24H29N4O3P. The molecule has 0 bridgehead atoms. The van der Waals surface area contributed by atoms with Crippen LogP contribution in [0.1, 0.15) is 30.1 Å². The Labute approximate surface area is 188 Å². The van der Waals surface area contributed by atoms with E-state index in [1.165, 1.54) is 12.8 Å². The van der Waals surface area contributed by atoms with Gasteiger partial charge in [0, 0.05) is 49.0 Å². The Kier molecular flexibility index (Phi) is 6.89. The topological polar surface area (TPSA) is 85.8 Å². The SMILES string of the molecule is CCCCN1CCN(C(=O)c2ccc(NP(=O)(O)c3cccc4cccnc34)cc2)CC1. The van der Waals surface area contributed by atoms with E-state index in [-0.39, 0.29) is 11.2 Å². The second-order valence-electron chi connectivity index (χ2n) is 8.10. The molecule has 2 heterocycles. The Morgan fingerprint density at radius 3 is 2.50 bits per heavy atom. The van der Waals surface area contributed by atoms with Gasteiger partial charge in [0.25, 0.3) is 5.91 Å². The highest BCUT2D eigenvalue weighted by Gasteiger charge is 2.25. The second kappa shape index (κ2) is 9.82. The average molecular weight is 452 g/mol. The first-order valence-corrected chi connectivity index (χ1v) is 12.7. The molecule has 3 aromatic rings. The minimum absolute atomic E-state index is 0.00266. The number of fused-ring (bicyclic) bond motifs is 1. The van der Waals surface area contributed by atoms with E-state index >= 15 is 0 Å². The molecule has 1 aliphatic heterocycles. The molecule has 1 saturated heterocycles. The van der Waals surface area contributed by atoms with E-state index in [2.05, 4.69) is 21.9 Å². The summed E-state index contributed by atoms with van der Waals surface area (Å²) in [6, 6.07) is 15.6. The fourth-order valence-electron chi connectivity index (χ4n) is 3.99. The molecule has 4 rings (SSSR count). The normalized spacial score (nSPS) is 16.6. The van der Waals surface area contributed by atoms with E-state index in [0.29, 0.717) is 16.8 Å². The third kappa shape index (κ3) is 5.01. The predicted octanol–water partition coefficient (Wildman–Crippen LogP) is 3.72. The van der Waals surface area contributed by atoms with Crippen LogP contribution >= 0.6 is 7.52 Å². The summed E-state index contributed by atoms with van der Waals surface area (Å²) in [5.41, 5.74) is 1.56. The van der Waals surface area contributed by atoms with Gasteiger partial charge < -0.3 is 14.9 Å². The van der Waals surface area contributed by atoms with Crippen LogP contribution in [0, 0.1) is 0 Å². The highest BCUT2D eigenvalue weighted by molar-refractivity contribution is 7.68. The van der Waals surface area contributed by atoms with E-state index in [9.17, 15) is 14.3 Å². The molecule has 0 saturated carbocycles. The van der Waals surface area contributed by atoms with Crippen LogP contribution in [0.5, 0.6) is 0 Å². The minimum atomic E-state index is -3.91. The van der Waals surface area contributed by atoms with E-state index in [0.717, 1.165) is 38.1 Å². The number of nitrogens with zero attached hydrogens (tertiary/aromatic N) is 3. The minimum Gasteiger partial charge on any atom is -0.336 e.